The first-order chi connectivity index (χ1) is 9.56. The largest absolute Gasteiger partial charge is 0.481 e. The minimum atomic E-state index is -0.953. The Morgan fingerprint density at radius 2 is 2.00 bits per heavy atom. The molecule has 0 bridgehead atoms. The molecule has 1 amide bonds. The summed E-state index contributed by atoms with van der Waals surface area (Å²) in [5.74, 6) is -1.23. The van der Waals surface area contributed by atoms with E-state index in [0.717, 1.165) is 9.35 Å². The molecular formula is C14H12BrNO3S. The molecule has 0 saturated heterocycles. The SMILES string of the molecule is O=C(O)CC(NC(=O)c1csc(Br)c1)c1ccccc1. The number of benzene rings is 1. The second-order valence-corrected chi connectivity index (χ2v) is 6.46. The molecular weight excluding hydrogens is 342 g/mol. The van der Waals surface area contributed by atoms with E-state index in [1.807, 2.05) is 18.2 Å². The molecule has 0 saturated carbocycles. The Morgan fingerprint density at radius 3 is 2.55 bits per heavy atom. The van der Waals surface area contributed by atoms with E-state index in [-0.39, 0.29) is 12.3 Å². The maximum Gasteiger partial charge on any atom is 0.305 e. The van der Waals surface area contributed by atoms with E-state index in [9.17, 15) is 9.59 Å². The Bertz CT molecular complexity index is 612. The Morgan fingerprint density at radius 1 is 1.30 bits per heavy atom. The molecule has 0 radical (unpaired) electrons. The highest BCUT2D eigenvalue weighted by Gasteiger charge is 2.19. The fraction of sp³-hybridized carbons (Fsp3) is 0.143. The summed E-state index contributed by atoms with van der Waals surface area (Å²) in [6, 6.07) is 10.3. The van der Waals surface area contributed by atoms with Gasteiger partial charge in [0.15, 0.2) is 0 Å². The Labute approximate surface area is 128 Å². The van der Waals surface area contributed by atoms with Gasteiger partial charge in [0.1, 0.15) is 0 Å². The number of hydrogen-bond acceptors (Lipinski definition) is 3. The second-order valence-electron chi connectivity index (χ2n) is 4.17. The van der Waals surface area contributed by atoms with Gasteiger partial charge in [0.25, 0.3) is 5.91 Å². The van der Waals surface area contributed by atoms with Gasteiger partial charge < -0.3 is 10.4 Å². The number of carbonyl (C=O) groups excluding carboxylic acids is 1. The van der Waals surface area contributed by atoms with E-state index >= 15 is 0 Å². The first-order valence-corrected chi connectivity index (χ1v) is 7.55. The van der Waals surface area contributed by atoms with Crippen LogP contribution in [0.2, 0.25) is 0 Å². The Kier molecular flexibility index (Phi) is 4.92. The highest BCUT2D eigenvalue weighted by atomic mass is 79.9. The van der Waals surface area contributed by atoms with E-state index in [2.05, 4.69) is 21.2 Å². The molecule has 0 aliphatic rings. The molecule has 0 aliphatic heterocycles. The van der Waals surface area contributed by atoms with Crippen molar-refractivity contribution in [2.24, 2.45) is 0 Å². The average molecular weight is 354 g/mol. The summed E-state index contributed by atoms with van der Waals surface area (Å²) in [6.45, 7) is 0. The summed E-state index contributed by atoms with van der Waals surface area (Å²) in [4.78, 5) is 23.1. The average Bonchev–Trinajstić information content (AvgIpc) is 2.85. The van der Waals surface area contributed by atoms with Gasteiger partial charge in [-0.25, -0.2) is 0 Å². The summed E-state index contributed by atoms with van der Waals surface area (Å²) >= 11 is 4.71. The van der Waals surface area contributed by atoms with Gasteiger partial charge in [-0.15, -0.1) is 11.3 Å². The summed E-state index contributed by atoms with van der Waals surface area (Å²) < 4.78 is 0.858. The summed E-state index contributed by atoms with van der Waals surface area (Å²) in [7, 11) is 0. The number of thiophene rings is 1. The predicted molar refractivity (Wildman–Crippen MR) is 80.9 cm³/mol. The molecule has 1 heterocycles. The Hall–Kier alpha value is -1.66. The molecule has 4 nitrogen and oxygen atoms in total. The van der Waals surface area contributed by atoms with Crippen LogP contribution in [0.3, 0.4) is 0 Å². The summed E-state index contributed by atoms with van der Waals surface area (Å²) in [6.07, 6.45) is -0.152. The molecule has 0 aliphatic carbocycles. The van der Waals surface area contributed by atoms with Crippen molar-refractivity contribution in [3.05, 3.63) is 56.7 Å². The number of halogens is 1. The van der Waals surface area contributed by atoms with Crippen molar-refractivity contribution in [3.8, 4) is 0 Å². The smallest absolute Gasteiger partial charge is 0.305 e. The minimum Gasteiger partial charge on any atom is -0.481 e. The van der Waals surface area contributed by atoms with Crippen LogP contribution in [0.5, 0.6) is 0 Å². The minimum absolute atomic E-state index is 0.152. The molecule has 1 aromatic carbocycles. The van der Waals surface area contributed by atoms with Crippen LogP contribution in [-0.2, 0) is 4.79 Å². The molecule has 1 atom stereocenters. The quantitative estimate of drug-likeness (QED) is 0.864. The highest BCUT2D eigenvalue weighted by Crippen LogP contribution is 2.22. The van der Waals surface area contributed by atoms with Gasteiger partial charge in [-0.3, -0.25) is 9.59 Å². The van der Waals surface area contributed by atoms with E-state index in [0.29, 0.717) is 5.56 Å². The normalized spacial score (nSPS) is 11.8. The fourth-order valence-electron chi connectivity index (χ4n) is 1.78. The van der Waals surface area contributed by atoms with Crippen molar-refractivity contribution in [1.29, 1.82) is 0 Å². The van der Waals surface area contributed by atoms with Crippen LogP contribution in [0.25, 0.3) is 0 Å². The van der Waals surface area contributed by atoms with Crippen molar-refractivity contribution < 1.29 is 14.7 Å². The van der Waals surface area contributed by atoms with Gasteiger partial charge in [-0.05, 0) is 27.6 Å². The van der Waals surface area contributed by atoms with Crippen LogP contribution >= 0.6 is 27.3 Å². The van der Waals surface area contributed by atoms with E-state index < -0.39 is 12.0 Å². The van der Waals surface area contributed by atoms with Gasteiger partial charge in [-0.2, -0.15) is 0 Å². The van der Waals surface area contributed by atoms with E-state index in [1.54, 1.807) is 23.6 Å². The molecule has 104 valence electrons. The number of carbonyl (C=O) groups is 2. The zero-order valence-corrected chi connectivity index (χ0v) is 12.8. The number of carboxylic acids is 1. The summed E-state index contributed by atoms with van der Waals surface area (Å²) in [5.41, 5.74) is 1.30. The molecule has 1 unspecified atom stereocenters. The van der Waals surface area contributed by atoms with Crippen molar-refractivity contribution >= 4 is 39.1 Å². The monoisotopic (exact) mass is 353 g/mol. The maximum absolute atomic E-state index is 12.1. The highest BCUT2D eigenvalue weighted by molar-refractivity contribution is 9.11. The van der Waals surface area contributed by atoms with Crippen LogP contribution in [-0.4, -0.2) is 17.0 Å². The van der Waals surface area contributed by atoms with Crippen LogP contribution in [0.15, 0.2) is 45.6 Å². The van der Waals surface area contributed by atoms with Gasteiger partial charge >= 0.3 is 5.97 Å². The third-order valence-electron chi connectivity index (χ3n) is 2.72. The lowest BCUT2D eigenvalue weighted by Crippen LogP contribution is -2.29. The molecule has 2 N–H and O–H groups in total. The number of nitrogens with one attached hydrogen (secondary N) is 1. The third-order valence-corrected chi connectivity index (χ3v) is 4.22. The zero-order chi connectivity index (χ0) is 14.5. The van der Waals surface area contributed by atoms with Crippen molar-refractivity contribution in [2.45, 2.75) is 12.5 Å². The lowest BCUT2D eigenvalue weighted by Gasteiger charge is -2.17. The lowest BCUT2D eigenvalue weighted by molar-refractivity contribution is -0.137. The molecule has 2 rings (SSSR count). The summed E-state index contributed by atoms with van der Waals surface area (Å²) in [5, 5.41) is 13.5. The topological polar surface area (TPSA) is 66.4 Å². The maximum atomic E-state index is 12.1. The van der Waals surface area contributed by atoms with Crippen molar-refractivity contribution in [3.63, 3.8) is 0 Å². The molecule has 1 aromatic heterocycles. The fourth-order valence-corrected chi connectivity index (χ4v) is 2.92. The number of aliphatic carboxylic acids is 1. The zero-order valence-electron chi connectivity index (χ0n) is 10.4. The van der Waals surface area contributed by atoms with Crippen LogP contribution in [0.4, 0.5) is 0 Å². The molecule has 20 heavy (non-hydrogen) atoms. The van der Waals surface area contributed by atoms with E-state index in [1.165, 1.54) is 11.3 Å². The van der Waals surface area contributed by atoms with Crippen LogP contribution < -0.4 is 5.32 Å². The van der Waals surface area contributed by atoms with Crippen LogP contribution in [0, 0.1) is 0 Å². The van der Waals surface area contributed by atoms with Gasteiger partial charge in [-0.1, -0.05) is 30.3 Å². The Balaban J connectivity index is 2.16. The molecule has 6 heteroatoms. The molecule has 0 spiro atoms. The number of amides is 1. The number of hydrogen-bond donors (Lipinski definition) is 2. The van der Waals surface area contributed by atoms with Crippen molar-refractivity contribution in [2.75, 3.05) is 0 Å². The second kappa shape index (κ2) is 6.67. The standard InChI is InChI=1S/C14H12BrNO3S/c15-12-6-10(8-20-12)14(19)16-11(7-13(17)18)9-4-2-1-3-5-9/h1-6,8,11H,7H2,(H,16,19)(H,17,18). The van der Waals surface area contributed by atoms with Gasteiger partial charge in [0, 0.05) is 5.38 Å². The number of rotatable bonds is 5. The third kappa shape index (κ3) is 3.91. The predicted octanol–water partition coefficient (Wildman–Crippen LogP) is 3.46. The number of carboxylic acid groups (broad SMARTS) is 1. The van der Waals surface area contributed by atoms with Gasteiger partial charge in [0.2, 0.25) is 0 Å². The first-order valence-electron chi connectivity index (χ1n) is 5.88. The first kappa shape index (κ1) is 14.7. The lowest BCUT2D eigenvalue weighted by atomic mass is 10.0. The molecule has 0 fully saturated rings. The van der Waals surface area contributed by atoms with Crippen LogP contribution in [0.1, 0.15) is 28.4 Å². The van der Waals surface area contributed by atoms with Crippen molar-refractivity contribution in [1.82, 2.24) is 5.32 Å². The molecule has 2 aromatic rings. The van der Waals surface area contributed by atoms with E-state index in [4.69, 9.17) is 5.11 Å². The van der Waals surface area contributed by atoms with Gasteiger partial charge in [0.05, 0.1) is 21.8 Å².